The van der Waals surface area contributed by atoms with Crippen molar-refractivity contribution < 1.29 is 32.6 Å². The highest BCUT2D eigenvalue weighted by Crippen LogP contribution is 2.23. The van der Waals surface area contributed by atoms with Crippen molar-refractivity contribution in [3.63, 3.8) is 0 Å². The van der Waals surface area contributed by atoms with Gasteiger partial charge in [0.25, 0.3) is 0 Å². The lowest BCUT2D eigenvalue weighted by Gasteiger charge is -2.13. The number of aliphatic hydroxyl groups is 1. The van der Waals surface area contributed by atoms with Gasteiger partial charge in [-0.2, -0.15) is 13.2 Å². The molecule has 0 radical (unpaired) electrons. The minimum absolute atomic E-state index is 0.164. The van der Waals surface area contributed by atoms with Crippen molar-refractivity contribution in [1.29, 1.82) is 0 Å². The van der Waals surface area contributed by atoms with Crippen LogP contribution in [0, 0.1) is 0 Å². The molecule has 0 heterocycles. The number of halogens is 3. The van der Waals surface area contributed by atoms with Crippen LogP contribution in [0.25, 0.3) is 0 Å². The van der Waals surface area contributed by atoms with E-state index in [1.807, 2.05) is 0 Å². The molecule has 0 aliphatic rings. The van der Waals surface area contributed by atoms with Crippen molar-refractivity contribution in [2.45, 2.75) is 38.0 Å². The highest BCUT2D eigenvalue weighted by atomic mass is 19.4. The van der Waals surface area contributed by atoms with E-state index >= 15 is 0 Å². The van der Waals surface area contributed by atoms with Gasteiger partial charge < -0.3 is 19.4 Å². The van der Waals surface area contributed by atoms with Gasteiger partial charge in [-0.15, -0.1) is 0 Å². The van der Waals surface area contributed by atoms with E-state index in [-0.39, 0.29) is 19.4 Å². The second-order valence-corrected chi connectivity index (χ2v) is 3.39. The highest BCUT2D eigenvalue weighted by Gasteiger charge is 2.37. The zero-order valence-electron chi connectivity index (χ0n) is 9.32. The molecular weight excluding hydrogens is 240 g/mol. The van der Waals surface area contributed by atoms with Crippen LogP contribution in [-0.4, -0.2) is 36.3 Å². The Morgan fingerprint density at radius 2 is 1.94 bits per heavy atom. The summed E-state index contributed by atoms with van der Waals surface area (Å²) in [5.74, 6) is 0. The minimum atomic E-state index is -4.55. The molecule has 100 valence electrons. The second-order valence-electron chi connectivity index (χ2n) is 3.39. The third-order valence-corrected chi connectivity index (χ3v) is 1.97. The molecule has 0 aromatic heterocycles. The van der Waals surface area contributed by atoms with Gasteiger partial charge in [0.15, 0.2) is 0 Å². The molecule has 0 spiro atoms. The fourth-order valence-electron chi connectivity index (χ4n) is 1.09. The molecule has 1 unspecified atom stereocenters. The van der Waals surface area contributed by atoms with Crippen LogP contribution in [0.1, 0.15) is 25.7 Å². The van der Waals surface area contributed by atoms with Crippen molar-refractivity contribution in [2.75, 3.05) is 6.61 Å². The molecule has 0 saturated heterocycles. The molecule has 0 aliphatic heterocycles. The van der Waals surface area contributed by atoms with Crippen molar-refractivity contribution >= 4 is 7.32 Å². The zero-order valence-corrected chi connectivity index (χ0v) is 9.32. The molecule has 8 heteroatoms. The lowest BCUT2D eigenvalue weighted by molar-refractivity contribution is -0.205. The van der Waals surface area contributed by atoms with Gasteiger partial charge in [0.1, 0.15) is 6.10 Å². The maximum Gasteiger partial charge on any atom is 0.709 e. The number of hydrogen-bond donors (Lipinski definition) is 2. The van der Waals surface area contributed by atoms with Gasteiger partial charge in [0.2, 0.25) is 0 Å². The van der Waals surface area contributed by atoms with E-state index in [0.29, 0.717) is 12.8 Å². The maximum absolute atomic E-state index is 11.9. The van der Waals surface area contributed by atoms with Gasteiger partial charge in [-0.3, -0.25) is 0 Å². The van der Waals surface area contributed by atoms with Gasteiger partial charge in [0.05, 0.1) is 6.26 Å². The van der Waals surface area contributed by atoms with Gasteiger partial charge in [0, 0.05) is 6.61 Å². The maximum atomic E-state index is 11.9. The Hall–Kier alpha value is -0.725. The summed E-state index contributed by atoms with van der Waals surface area (Å²) >= 11 is 0. The van der Waals surface area contributed by atoms with E-state index < -0.39 is 19.6 Å². The van der Waals surface area contributed by atoms with Crippen LogP contribution in [0.2, 0.25) is 0 Å². The normalized spacial score (nSPS) is 13.2. The fraction of sp³-hybridized carbons (Fsp3) is 0.778. The molecule has 17 heavy (non-hydrogen) atoms. The molecule has 0 aromatic rings. The molecule has 0 fully saturated rings. The van der Waals surface area contributed by atoms with E-state index in [0.717, 1.165) is 6.26 Å². The van der Waals surface area contributed by atoms with Crippen LogP contribution in [0.3, 0.4) is 0 Å². The van der Waals surface area contributed by atoms with Gasteiger partial charge in [-0.05, 0) is 12.8 Å². The molecule has 1 atom stereocenters. The average Bonchev–Trinajstić information content (AvgIpc) is 2.21. The van der Waals surface area contributed by atoms with Crippen LogP contribution < -0.4 is 0 Å². The first-order valence-electron chi connectivity index (χ1n) is 5.18. The fourth-order valence-corrected chi connectivity index (χ4v) is 1.09. The van der Waals surface area contributed by atoms with Crippen LogP contribution in [0.5, 0.6) is 0 Å². The van der Waals surface area contributed by atoms with E-state index in [2.05, 4.69) is 11.2 Å². The first kappa shape index (κ1) is 16.3. The third-order valence-electron chi connectivity index (χ3n) is 1.97. The monoisotopic (exact) mass is 256 g/mol. The molecule has 2 N–H and O–H groups in total. The molecule has 0 rings (SSSR count). The molecule has 0 aliphatic carbocycles. The topological polar surface area (TPSA) is 58.9 Å². The van der Waals surface area contributed by atoms with E-state index in [1.54, 1.807) is 0 Å². The van der Waals surface area contributed by atoms with Crippen molar-refractivity contribution in [3.8, 4) is 0 Å². The lowest BCUT2D eigenvalue weighted by atomic mass is 10.1. The predicted octanol–water partition coefficient (Wildman–Crippen LogP) is 1.62. The zero-order chi connectivity index (χ0) is 13.3. The highest BCUT2D eigenvalue weighted by molar-refractivity contribution is 6.34. The molecule has 0 bridgehead atoms. The quantitative estimate of drug-likeness (QED) is 0.374. The Kier molecular flexibility index (Phi) is 8.02. The summed E-state index contributed by atoms with van der Waals surface area (Å²) in [7, 11) is -1.40. The number of rotatable bonds is 9. The van der Waals surface area contributed by atoms with Crippen LogP contribution >= 0.6 is 0 Å². The van der Waals surface area contributed by atoms with E-state index in [9.17, 15) is 13.2 Å². The standard InChI is InChI=1S/C9H16BF3O4/c1-2-16-10(15)17-7-5-3-4-6-8(14)9(11,12)13/h2,8,14-15H,1,3-7H2. The Balaban J connectivity index is 3.38. The SMILES string of the molecule is C=COB(O)OCCCCCC(O)C(F)(F)F. The van der Waals surface area contributed by atoms with Crippen molar-refractivity contribution in [1.82, 2.24) is 0 Å². The molecule has 0 aromatic carbocycles. The second kappa shape index (κ2) is 8.38. The molecule has 0 saturated carbocycles. The molecule has 4 nitrogen and oxygen atoms in total. The van der Waals surface area contributed by atoms with Crippen LogP contribution in [0.15, 0.2) is 12.8 Å². The van der Waals surface area contributed by atoms with Crippen molar-refractivity contribution in [2.24, 2.45) is 0 Å². The Bertz CT molecular complexity index is 213. The first-order valence-corrected chi connectivity index (χ1v) is 5.18. The average molecular weight is 256 g/mol. The summed E-state index contributed by atoms with van der Waals surface area (Å²) < 4.78 is 44.8. The van der Waals surface area contributed by atoms with Crippen LogP contribution in [0.4, 0.5) is 13.2 Å². The summed E-state index contributed by atoms with van der Waals surface area (Å²) in [6.07, 6.45) is -4.94. The summed E-state index contributed by atoms with van der Waals surface area (Å²) in [4.78, 5) is 0. The Labute approximate surface area is 98.2 Å². The van der Waals surface area contributed by atoms with Crippen molar-refractivity contribution in [3.05, 3.63) is 12.8 Å². The molecule has 0 amide bonds. The third kappa shape index (κ3) is 9.02. The predicted molar refractivity (Wildman–Crippen MR) is 55.7 cm³/mol. The smallest absolute Gasteiger partial charge is 0.519 e. The number of aliphatic hydroxyl groups excluding tert-OH is 1. The summed E-state index contributed by atoms with van der Waals surface area (Å²) in [5.41, 5.74) is 0. The molecular formula is C9H16BF3O4. The van der Waals surface area contributed by atoms with E-state index in [4.69, 9.17) is 14.8 Å². The van der Waals surface area contributed by atoms with Gasteiger partial charge in [-0.25, -0.2) is 0 Å². The number of alkyl halides is 3. The van der Waals surface area contributed by atoms with Crippen LogP contribution in [-0.2, 0) is 9.31 Å². The van der Waals surface area contributed by atoms with E-state index in [1.165, 1.54) is 0 Å². The number of unbranched alkanes of at least 4 members (excludes halogenated alkanes) is 2. The summed E-state index contributed by atoms with van der Waals surface area (Å²) in [6.45, 7) is 3.37. The number of hydrogen-bond acceptors (Lipinski definition) is 4. The van der Waals surface area contributed by atoms with Gasteiger partial charge in [-0.1, -0.05) is 19.4 Å². The summed E-state index contributed by atoms with van der Waals surface area (Å²) in [5, 5.41) is 17.6. The lowest BCUT2D eigenvalue weighted by Crippen LogP contribution is -2.28. The summed E-state index contributed by atoms with van der Waals surface area (Å²) in [6, 6.07) is 0. The van der Waals surface area contributed by atoms with Gasteiger partial charge >= 0.3 is 13.5 Å². The Morgan fingerprint density at radius 3 is 2.47 bits per heavy atom. The largest absolute Gasteiger partial charge is 0.709 e. The minimum Gasteiger partial charge on any atom is -0.519 e. The first-order chi connectivity index (χ1) is 7.88. The Morgan fingerprint density at radius 1 is 1.29 bits per heavy atom.